The summed E-state index contributed by atoms with van der Waals surface area (Å²) in [5.41, 5.74) is 0. The van der Waals surface area contributed by atoms with E-state index in [1.165, 1.54) is 0 Å². The van der Waals surface area contributed by atoms with Crippen molar-refractivity contribution in [2.45, 2.75) is 53.6 Å². The zero-order valence-corrected chi connectivity index (χ0v) is 17.5. The average Bonchev–Trinajstić information content (AvgIpc) is 2.62. The van der Waals surface area contributed by atoms with Crippen molar-refractivity contribution in [3.8, 4) is 0 Å². The summed E-state index contributed by atoms with van der Waals surface area (Å²) in [5, 5.41) is 32.3. The SMILES string of the molecule is C=CC.C=CC.CCCOC(=O)C(O)CC(=O)O.CCOCC.OCCO. The number of aliphatic carboxylic acids is 1. The molecule has 0 aliphatic rings. The van der Waals surface area contributed by atoms with Crippen LogP contribution < -0.4 is 0 Å². The highest BCUT2D eigenvalue weighted by Crippen LogP contribution is 1.95. The number of hydrogen-bond acceptors (Lipinski definition) is 7. The molecule has 0 saturated carbocycles. The number of carbonyl (C=O) groups excluding carboxylic acids is 1. The van der Waals surface area contributed by atoms with Crippen LogP contribution in [0.1, 0.15) is 47.5 Å². The zero-order chi connectivity index (χ0) is 22.5. The van der Waals surface area contributed by atoms with Crippen LogP contribution in [0.3, 0.4) is 0 Å². The molecule has 0 aliphatic heterocycles. The molecule has 1 atom stereocenters. The summed E-state index contributed by atoms with van der Waals surface area (Å²) >= 11 is 0. The Hall–Kier alpha value is -1.74. The van der Waals surface area contributed by atoms with Crippen molar-refractivity contribution in [1.29, 1.82) is 0 Å². The Bertz CT molecular complexity index is 296. The van der Waals surface area contributed by atoms with Gasteiger partial charge in [0.25, 0.3) is 0 Å². The largest absolute Gasteiger partial charge is 0.481 e. The van der Waals surface area contributed by atoms with Crippen molar-refractivity contribution in [3.63, 3.8) is 0 Å². The first-order valence-electron chi connectivity index (χ1n) is 8.74. The fraction of sp³-hybridized carbons (Fsp3) is 0.684. The number of aliphatic hydroxyl groups excluding tert-OH is 3. The summed E-state index contributed by atoms with van der Waals surface area (Å²) in [6, 6.07) is 0. The second-order valence-electron chi connectivity index (χ2n) is 4.33. The van der Waals surface area contributed by atoms with Crippen LogP contribution in [0.25, 0.3) is 0 Å². The molecule has 0 rings (SSSR count). The summed E-state index contributed by atoms with van der Waals surface area (Å²) in [6.07, 6.45) is 1.99. The Morgan fingerprint density at radius 2 is 1.37 bits per heavy atom. The lowest BCUT2D eigenvalue weighted by atomic mass is 10.2. The van der Waals surface area contributed by atoms with Gasteiger partial charge >= 0.3 is 11.9 Å². The van der Waals surface area contributed by atoms with E-state index in [-0.39, 0.29) is 19.8 Å². The van der Waals surface area contributed by atoms with Crippen molar-refractivity contribution >= 4 is 11.9 Å². The number of rotatable bonds is 8. The summed E-state index contributed by atoms with van der Waals surface area (Å²) in [7, 11) is 0. The quantitative estimate of drug-likeness (QED) is 0.362. The van der Waals surface area contributed by atoms with Gasteiger partial charge in [-0.05, 0) is 34.1 Å². The number of aliphatic hydroxyl groups is 3. The Balaban J connectivity index is -0.0000000889. The van der Waals surface area contributed by atoms with Crippen LogP contribution in [0.15, 0.2) is 25.3 Å². The lowest BCUT2D eigenvalue weighted by Gasteiger charge is -2.06. The van der Waals surface area contributed by atoms with Crippen LogP contribution in [0.4, 0.5) is 0 Å². The highest BCUT2D eigenvalue weighted by Gasteiger charge is 2.19. The van der Waals surface area contributed by atoms with E-state index in [2.05, 4.69) is 17.9 Å². The minimum absolute atomic E-state index is 0.125. The number of hydrogen-bond donors (Lipinski definition) is 4. The fourth-order valence-corrected chi connectivity index (χ4v) is 0.752. The molecule has 0 saturated heterocycles. The number of allylic oxidation sites excluding steroid dienone is 2. The smallest absolute Gasteiger partial charge is 0.335 e. The molecule has 0 aromatic carbocycles. The van der Waals surface area contributed by atoms with E-state index in [4.69, 9.17) is 25.2 Å². The first-order chi connectivity index (χ1) is 12.7. The van der Waals surface area contributed by atoms with E-state index < -0.39 is 24.5 Å². The second-order valence-corrected chi connectivity index (χ2v) is 4.33. The Labute approximate surface area is 164 Å². The summed E-state index contributed by atoms with van der Waals surface area (Å²) in [6.45, 7) is 17.9. The van der Waals surface area contributed by atoms with Gasteiger partial charge in [0, 0.05) is 13.2 Å². The highest BCUT2D eigenvalue weighted by molar-refractivity contribution is 5.80. The molecular weight excluding hydrogens is 356 g/mol. The van der Waals surface area contributed by atoms with Crippen LogP contribution in [-0.2, 0) is 19.1 Å². The minimum atomic E-state index is -1.55. The van der Waals surface area contributed by atoms with Crippen LogP contribution in [0.5, 0.6) is 0 Å². The molecule has 0 spiro atoms. The molecule has 8 heteroatoms. The number of carboxylic acid groups (broad SMARTS) is 1. The van der Waals surface area contributed by atoms with Gasteiger partial charge in [-0.3, -0.25) is 4.79 Å². The number of carboxylic acids is 1. The van der Waals surface area contributed by atoms with Crippen LogP contribution in [-0.4, -0.2) is 71.5 Å². The molecule has 1 unspecified atom stereocenters. The molecule has 0 heterocycles. The van der Waals surface area contributed by atoms with Gasteiger partial charge in [0.05, 0.1) is 26.2 Å². The van der Waals surface area contributed by atoms with Gasteiger partial charge in [0.2, 0.25) is 0 Å². The molecule has 27 heavy (non-hydrogen) atoms. The van der Waals surface area contributed by atoms with E-state index >= 15 is 0 Å². The van der Waals surface area contributed by atoms with Gasteiger partial charge in [0.15, 0.2) is 6.10 Å². The molecule has 0 radical (unpaired) electrons. The lowest BCUT2D eigenvalue weighted by molar-refractivity contribution is -0.158. The third-order valence-electron chi connectivity index (χ3n) is 1.60. The summed E-state index contributed by atoms with van der Waals surface area (Å²) < 4.78 is 9.33. The lowest BCUT2D eigenvalue weighted by Crippen LogP contribution is -2.26. The molecule has 0 aliphatic carbocycles. The van der Waals surface area contributed by atoms with Gasteiger partial charge in [-0.2, -0.15) is 0 Å². The molecule has 0 aromatic heterocycles. The van der Waals surface area contributed by atoms with Crippen molar-refractivity contribution in [3.05, 3.63) is 25.3 Å². The van der Waals surface area contributed by atoms with Gasteiger partial charge in [-0.15, -0.1) is 13.2 Å². The predicted molar refractivity (Wildman–Crippen MR) is 108 cm³/mol. The third-order valence-corrected chi connectivity index (χ3v) is 1.60. The maximum atomic E-state index is 10.7. The van der Waals surface area contributed by atoms with Gasteiger partial charge in [0.1, 0.15) is 0 Å². The van der Waals surface area contributed by atoms with Gasteiger partial charge < -0.3 is 29.9 Å². The molecule has 0 aromatic rings. The molecular formula is C19H40O8. The van der Waals surface area contributed by atoms with Gasteiger partial charge in [-0.25, -0.2) is 4.79 Å². The van der Waals surface area contributed by atoms with E-state index in [0.29, 0.717) is 6.42 Å². The fourth-order valence-electron chi connectivity index (χ4n) is 0.752. The second kappa shape index (κ2) is 39.4. The average molecular weight is 397 g/mol. The summed E-state index contributed by atoms with van der Waals surface area (Å²) in [4.78, 5) is 20.7. The highest BCUT2D eigenvalue weighted by atomic mass is 16.5. The van der Waals surface area contributed by atoms with Crippen molar-refractivity contribution in [2.75, 3.05) is 33.0 Å². The number of carbonyl (C=O) groups is 2. The first kappa shape index (κ1) is 36.2. The Kier molecular flexibility index (Phi) is 52.8. The van der Waals surface area contributed by atoms with Crippen LogP contribution in [0.2, 0.25) is 0 Å². The number of esters is 1. The van der Waals surface area contributed by atoms with Crippen molar-refractivity contribution in [1.82, 2.24) is 0 Å². The van der Waals surface area contributed by atoms with E-state index in [0.717, 1.165) is 13.2 Å². The molecule has 8 nitrogen and oxygen atoms in total. The normalized spacial score (nSPS) is 9.04. The molecule has 0 fully saturated rings. The molecule has 0 amide bonds. The van der Waals surface area contributed by atoms with E-state index in [1.54, 1.807) is 19.1 Å². The maximum Gasteiger partial charge on any atom is 0.335 e. The monoisotopic (exact) mass is 396 g/mol. The first-order valence-corrected chi connectivity index (χ1v) is 8.74. The van der Waals surface area contributed by atoms with E-state index in [9.17, 15) is 9.59 Å². The Morgan fingerprint density at radius 3 is 1.56 bits per heavy atom. The van der Waals surface area contributed by atoms with Crippen LogP contribution in [0, 0.1) is 0 Å². The van der Waals surface area contributed by atoms with Crippen molar-refractivity contribution in [2.24, 2.45) is 0 Å². The standard InChI is InChI=1S/C7H12O5.C4H10O.2C3H6.C2H6O2/c1-2-3-12-7(11)5(8)4-6(9)10;1-3-5-4-2;2*1-3-2;3-1-2-4/h5,8H,2-4H2,1H3,(H,9,10);3-4H2,1-2H3;2*3H,1H2,2H3;3-4H,1-2H2. The maximum absolute atomic E-state index is 10.7. The number of ether oxygens (including phenoxy) is 2. The van der Waals surface area contributed by atoms with Crippen molar-refractivity contribution < 1.29 is 39.5 Å². The summed E-state index contributed by atoms with van der Waals surface area (Å²) in [5.74, 6) is -2.10. The Morgan fingerprint density at radius 1 is 1.00 bits per heavy atom. The van der Waals surface area contributed by atoms with Gasteiger partial charge in [-0.1, -0.05) is 19.1 Å². The molecule has 4 N–H and O–H groups in total. The van der Waals surface area contributed by atoms with Crippen LogP contribution >= 0.6 is 0 Å². The molecule has 164 valence electrons. The zero-order valence-electron chi connectivity index (χ0n) is 17.5. The van der Waals surface area contributed by atoms with E-state index in [1.807, 2.05) is 27.7 Å². The predicted octanol–water partition coefficient (Wildman–Crippen LogP) is 2.17. The third kappa shape index (κ3) is 68.4. The minimum Gasteiger partial charge on any atom is -0.481 e. The topological polar surface area (TPSA) is 134 Å². The molecule has 0 bridgehead atoms.